The lowest BCUT2D eigenvalue weighted by Gasteiger charge is -2.35. The Hall–Kier alpha value is -6.44. The number of hydrogen-bond donors (Lipinski definition) is 1. The Morgan fingerprint density at radius 1 is 0.968 bits per heavy atom. The molecule has 6 aromatic rings. The lowest BCUT2D eigenvalue weighted by molar-refractivity contribution is -0.131. The molecule has 17 heteroatoms. The van der Waals surface area contributed by atoms with Crippen LogP contribution < -0.4 is 15.0 Å². The largest absolute Gasteiger partial charge is 0.490 e. The predicted molar refractivity (Wildman–Crippen MR) is 238 cm³/mol. The lowest BCUT2D eigenvalue weighted by Crippen LogP contribution is -2.49. The van der Waals surface area contributed by atoms with E-state index in [1.54, 1.807) is 48.1 Å². The van der Waals surface area contributed by atoms with Gasteiger partial charge in [-0.1, -0.05) is 35.9 Å². The Morgan fingerprint density at radius 2 is 1.76 bits per heavy atom. The molecule has 2 aromatic carbocycles. The van der Waals surface area contributed by atoms with Gasteiger partial charge in [-0.3, -0.25) is 19.1 Å². The molecule has 1 N–H and O–H groups in total. The Bertz CT molecular complexity index is 2690. The van der Waals surface area contributed by atoms with Gasteiger partial charge in [-0.15, -0.1) is 31.7 Å². The highest BCUT2D eigenvalue weighted by Gasteiger charge is 2.32. The van der Waals surface area contributed by atoms with Crippen LogP contribution in [0.5, 0.6) is 5.75 Å². The number of piperazine rings is 1. The number of carbonyl (C=O) groups is 2. The number of benzene rings is 2. The molecule has 0 bridgehead atoms. The van der Waals surface area contributed by atoms with E-state index < -0.39 is 0 Å². The highest BCUT2D eigenvalue weighted by Crippen LogP contribution is 2.39. The van der Waals surface area contributed by atoms with E-state index in [0.29, 0.717) is 73.5 Å². The minimum atomic E-state index is -0.345. The molecular weight excluding hydrogens is 838 g/mol. The average Bonchev–Trinajstić information content (AvgIpc) is 4.01. The third-order valence-electron chi connectivity index (χ3n) is 12.2. The van der Waals surface area contributed by atoms with Gasteiger partial charge in [0.25, 0.3) is 5.91 Å². The summed E-state index contributed by atoms with van der Waals surface area (Å²) >= 11 is 7.88. The van der Waals surface area contributed by atoms with Gasteiger partial charge in [0.1, 0.15) is 34.9 Å². The van der Waals surface area contributed by atoms with Crippen molar-refractivity contribution >= 4 is 46.3 Å². The van der Waals surface area contributed by atoms with Crippen LogP contribution in [-0.4, -0.2) is 90.7 Å². The first-order chi connectivity index (χ1) is 30.6. The van der Waals surface area contributed by atoms with Gasteiger partial charge in [-0.2, -0.15) is 5.26 Å². The number of hydrogen-bond acceptors (Lipinski definition) is 13. The first-order valence-corrected chi connectivity index (χ1v) is 22.4. The summed E-state index contributed by atoms with van der Waals surface area (Å²) in [6.07, 6.45) is 7.81. The maximum atomic E-state index is 13.4. The first kappa shape index (κ1) is 41.9. The number of ether oxygens (including phenoxy) is 1. The number of amides is 2. The van der Waals surface area contributed by atoms with Gasteiger partial charge in [0, 0.05) is 60.7 Å². The number of nitrogens with zero attached hydrogens (tertiary/aromatic N) is 10. The van der Waals surface area contributed by atoms with E-state index >= 15 is 0 Å². The van der Waals surface area contributed by atoms with Crippen LogP contribution >= 0.6 is 22.9 Å². The van der Waals surface area contributed by atoms with Crippen LogP contribution in [0.15, 0.2) is 76.5 Å². The number of fused-ring (bicyclic) bond motifs is 3. The average molecular weight is 884 g/mol. The maximum Gasteiger partial charge on any atom is 0.272 e. The van der Waals surface area contributed by atoms with E-state index in [0.717, 1.165) is 64.7 Å². The molecule has 63 heavy (non-hydrogen) atoms. The molecule has 0 radical (unpaired) electrons. The predicted octanol–water partition coefficient (Wildman–Crippen LogP) is 7.09. The fraction of sp³-hybridized carbons (Fsp3) is 0.370. The minimum absolute atomic E-state index is 0.00946. The number of halogens is 1. The van der Waals surface area contributed by atoms with Crippen LogP contribution in [0.1, 0.15) is 98.9 Å². The highest BCUT2D eigenvalue weighted by atomic mass is 35.5. The highest BCUT2D eigenvalue weighted by molar-refractivity contribution is 7.15. The molecule has 0 spiro atoms. The first-order valence-electron chi connectivity index (χ1n) is 21.2. The number of carbonyl (C=O) groups excluding carboxylic acids is 2. The number of nitrogens with one attached hydrogen (secondary N) is 1. The molecule has 1 saturated carbocycles. The third-order valence-corrected chi connectivity index (χ3v) is 13.7. The van der Waals surface area contributed by atoms with Crippen molar-refractivity contribution in [2.24, 2.45) is 4.99 Å². The van der Waals surface area contributed by atoms with Gasteiger partial charge in [-0.25, -0.2) is 4.98 Å². The number of anilines is 1. The Morgan fingerprint density at radius 3 is 2.46 bits per heavy atom. The van der Waals surface area contributed by atoms with Crippen LogP contribution in [0.2, 0.25) is 5.02 Å². The fourth-order valence-corrected chi connectivity index (χ4v) is 9.95. The van der Waals surface area contributed by atoms with Gasteiger partial charge >= 0.3 is 0 Å². The van der Waals surface area contributed by atoms with E-state index in [9.17, 15) is 9.59 Å². The molecule has 9 rings (SSSR count). The van der Waals surface area contributed by atoms with Crippen molar-refractivity contribution in [3.8, 4) is 16.8 Å². The fourth-order valence-electron chi connectivity index (χ4n) is 8.52. The van der Waals surface area contributed by atoms with Gasteiger partial charge in [0.2, 0.25) is 5.91 Å². The van der Waals surface area contributed by atoms with Crippen molar-refractivity contribution in [2.45, 2.75) is 83.9 Å². The summed E-state index contributed by atoms with van der Waals surface area (Å²) in [7, 11) is 0. The SMILES string of the molecule is Cc1sc2c(c1C)C(c1ccc(CCC(=O)N3CCN(c4ccc(C(=O)NC5CCC(Oc6ccc(C#N)c(Cl)c6)CC5)nn4)CC3)cc1)=N[C@@H](Cc1ncco1)c1nnc(C)n1-2. The second-order valence-corrected chi connectivity index (χ2v) is 17.8. The van der Waals surface area contributed by atoms with Crippen LogP contribution in [0.3, 0.4) is 0 Å². The maximum absolute atomic E-state index is 13.4. The van der Waals surface area contributed by atoms with Crippen LogP contribution in [0.4, 0.5) is 5.82 Å². The summed E-state index contributed by atoms with van der Waals surface area (Å²) in [4.78, 5) is 41.4. The summed E-state index contributed by atoms with van der Waals surface area (Å²) in [6.45, 7) is 8.65. The monoisotopic (exact) mass is 883 g/mol. The molecule has 2 aliphatic heterocycles. The number of oxazole rings is 1. The smallest absolute Gasteiger partial charge is 0.272 e. The number of thiophene rings is 1. The van der Waals surface area contributed by atoms with Gasteiger partial charge < -0.3 is 24.3 Å². The van der Waals surface area contributed by atoms with Crippen molar-refractivity contribution in [3.05, 3.63) is 128 Å². The summed E-state index contributed by atoms with van der Waals surface area (Å²) in [6, 6.07) is 18.7. The van der Waals surface area contributed by atoms with E-state index in [1.165, 1.54) is 10.4 Å². The van der Waals surface area contributed by atoms with Crippen molar-refractivity contribution < 1.29 is 18.7 Å². The molecule has 3 aliphatic rings. The molecule has 0 unspecified atom stereocenters. The van der Waals surface area contributed by atoms with Crippen molar-refractivity contribution in [2.75, 3.05) is 31.1 Å². The number of aromatic nitrogens is 6. The zero-order chi connectivity index (χ0) is 43.6. The Labute approximate surface area is 373 Å². The van der Waals surface area contributed by atoms with E-state index in [-0.39, 0.29) is 35.7 Å². The molecule has 1 saturated heterocycles. The van der Waals surface area contributed by atoms with Gasteiger partial charge in [-0.05, 0) is 88.3 Å². The zero-order valence-electron chi connectivity index (χ0n) is 35.3. The second-order valence-electron chi connectivity index (χ2n) is 16.2. The van der Waals surface area contributed by atoms with Crippen LogP contribution in [-0.2, 0) is 17.6 Å². The van der Waals surface area contributed by atoms with E-state index in [2.05, 4.69) is 84.3 Å². The second kappa shape index (κ2) is 18.1. The number of rotatable bonds is 11. The molecule has 322 valence electrons. The van der Waals surface area contributed by atoms with Crippen molar-refractivity contribution in [1.29, 1.82) is 5.26 Å². The molecule has 1 atom stereocenters. The van der Waals surface area contributed by atoms with Gasteiger partial charge in [0.05, 0.1) is 35.0 Å². The summed E-state index contributed by atoms with van der Waals surface area (Å²) < 4.78 is 13.8. The van der Waals surface area contributed by atoms with Crippen LogP contribution in [0.25, 0.3) is 5.00 Å². The Balaban J connectivity index is 0.758. The molecule has 15 nitrogen and oxygen atoms in total. The molecule has 1 aliphatic carbocycles. The van der Waals surface area contributed by atoms with E-state index in [4.69, 9.17) is 31.0 Å². The normalized spacial score (nSPS) is 18.5. The summed E-state index contributed by atoms with van der Waals surface area (Å²) in [5.74, 6) is 3.33. The molecule has 2 fully saturated rings. The van der Waals surface area contributed by atoms with E-state index in [1.807, 2.05) is 17.9 Å². The molecule has 6 heterocycles. The number of nitriles is 1. The van der Waals surface area contributed by atoms with Gasteiger partial charge in [0.15, 0.2) is 23.2 Å². The standard InChI is InChI=1S/C46H46ClN11O4S/c1-27-28(2)63-46-42(27)43(51-38(25-40-49-18-23-61-40)44-55-52-29(3)58(44)46)31-7-4-30(5-8-31)6-17-41(59)57-21-19-56(20-22-57)39-16-15-37(53-54-39)45(60)50-33-10-13-34(14-11-33)62-35-12-9-32(26-48)36(47)24-35/h4-5,7-9,12,15-16,18,23-24,33-34,38H,6,10-11,13-14,17,19-22,25H2,1-3H3,(H,50,60)/t33?,34?,38-/m0/s1. The lowest BCUT2D eigenvalue weighted by atomic mass is 9.93. The third kappa shape index (κ3) is 8.93. The van der Waals surface area contributed by atoms with Crippen LogP contribution in [0, 0.1) is 32.1 Å². The number of aliphatic imine (C=N–C) groups is 1. The Kier molecular flexibility index (Phi) is 12.0. The zero-order valence-corrected chi connectivity index (χ0v) is 36.8. The quantitative estimate of drug-likeness (QED) is 0.140. The topological polar surface area (TPSA) is 181 Å². The summed E-state index contributed by atoms with van der Waals surface area (Å²) in [5, 5.41) is 31.3. The molecular formula is C46H46ClN11O4S. The molecule has 4 aromatic heterocycles. The number of aryl methyl sites for hydroxylation is 3. The van der Waals surface area contributed by atoms with Crippen molar-refractivity contribution in [3.63, 3.8) is 0 Å². The van der Waals surface area contributed by atoms with Crippen molar-refractivity contribution in [1.82, 2.24) is 40.2 Å². The summed E-state index contributed by atoms with van der Waals surface area (Å²) in [5.41, 5.74) is 5.90. The minimum Gasteiger partial charge on any atom is -0.490 e. The molecule has 2 amide bonds.